The van der Waals surface area contributed by atoms with Crippen molar-refractivity contribution in [1.29, 1.82) is 0 Å². The number of carbonyl (C=O) groups is 2. The van der Waals surface area contributed by atoms with Crippen LogP contribution in [0.3, 0.4) is 0 Å². The zero-order valence-electron chi connectivity index (χ0n) is 14.6. The lowest BCUT2D eigenvalue weighted by Crippen LogP contribution is -2.46. The summed E-state index contributed by atoms with van der Waals surface area (Å²) in [4.78, 5) is 25.3. The van der Waals surface area contributed by atoms with Gasteiger partial charge in [0.1, 0.15) is 17.3 Å². The van der Waals surface area contributed by atoms with Crippen LogP contribution in [0.15, 0.2) is 12.1 Å². The minimum atomic E-state index is -0.280. The summed E-state index contributed by atoms with van der Waals surface area (Å²) in [6.07, 6.45) is 5.60. The van der Waals surface area contributed by atoms with Gasteiger partial charge in [0.05, 0.1) is 0 Å². The van der Waals surface area contributed by atoms with Crippen LogP contribution in [0.5, 0.6) is 5.75 Å². The molecule has 0 amide bonds. The molecule has 3 nitrogen and oxygen atoms in total. The van der Waals surface area contributed by atoms with Gasteiger partial charge in [-0.2, -0.15) is 0 Å². The molecule has 0 unspecified atom stereocenters. The normalized spacial score (nSPS) is 34.7. The lowest BCUT2D eigenvalue weighted by molar-refractivity contribution is -0.135. The molecule has 0 aromatic heterocycles. The number of carbonyl (C=O) groups excluding carboxylic acids is 2. The number of benzene rings is 1. The van der Waals surface area contributed by atoms with Crippen LogP contribution in [0.25, 0.3) is 0 Å². The third kappa shape index (κ3) is 2.09. The van der Waals surface area contributed by atoms with Gasteiger partial charge in [-0.05, 0) is 60.3 Å². The van der Waals surface area contributed by atoms with Gasteiger partial charge in [-0.25, -0.2) is 0 Å². The predicted octanol–water partition coefficient (Wildman–Crippen LogP) is 3.95. The first-order valence-electron chi connectivity index (χ1n) is 9.36. The first-order chi connectivity index (χ1) is 11.5. The van der Waals surface area contributed by atoms with Crippen LogP contribution in [0.2, 0.25) is 0 Å². The molecule has 0 bridgehead atoms. The third-order valence-electron chi connectivity index (χ3n) is 6.98. The van der Waals surface area contributed by atoms with E-state index in [1.807, 2.05) is 6.07 Å². The molecule has 3 aliphatic carbocycles. The van der Waals surface area contributed by atoms with Crippen molar-refractivity contribution in [1.82, 2.24) is 0 Å². The molecule has 2 saturated carbocycles. The van der Waals surface area contributed by atoms with E-state index < -0.39 is 0 Å². The van der Waals surface area contributed by atoms with Gasteiger partial charge in [-0.15, -0.1) is 0 Å². The monoisotopic (exact) mass is 326 g/mol. The number of phenols is 1. The Kier molecular flexibility index (Phi) is 3.59. The summed E-state index contributed by atoms with van der Waals surface area (Å²) in [5.41, 5.74) is 2.99. The molecule has 128 valence electrons. The summed E-state index contributed by atoms with van der Waals surface area (Å²) in [5, 5.41) is 10.2. The van der Waals surface area contributed by atoms with Gasteiger partial charge >= 0.3 is 0 Å². The Morgan fingerprint density at radius 3 is 2.79 bits per heavy atom. The van der Waals surface area contributed by atoms with E-state index in [0.29, 0.717) is 24.4 Å². The summed E-state index contributed by atoms with van der Waals surface area (Å²) >= 11 is 0. The molecule has 0 radical (unpaired) electrons. The SMILES string of the molecule is CCCc1cc2c(cc1O)CC(=O)[C@@H]1[C@@H]2CC[C@]2(C)C(=O)CC[C@@H]12. The number of hydrogen-bond donors (Lipinski definition) is 1. The Morgan fingerprint density at radius 2 is 2.04 bits per heavy atom. The van der Waals surface area contributed by atoms with Crippen molar-refractivity contribution < 1.29 is 14.7 Å². The average Bonchev–Trinajstić information content (AvgIpc) is 2.84. The second kappa shape index (κ2) is 5.44. The van der Waals surface area contributed by atoms with Crippen LogP contribution < -0.4 is 0 Å². The maximum absolute atomic E-state index is 12.9. The molecule has 1 aromatic carbocycles. The van der Waals surface area contributed by atoms with E-state index in [1.165, 1.54) is 5.56 Å². The molecule has 4 atom stereocenters. The van der Waals surface area contributed by atoms with E-state index in [2.05, 4.69) is 19.9 Å². The number of Topliss-reactive ketones (excluding diaryl/α,β-unsaturated/α-hetero) is 2. The first-order valence-corrected chi connectivity index (χ1v) is 9.36. The number of rotatable bonds is 2. The van der Waals surface area contributed by atoms with Gasteiger partial charge in [0.2, 0.25) is 0 Å². The topological polar surface area (TPSA) is 54.4 Å². The van der Waals surface area contributed by atoms with Gasteiger partial charge < -0.3 is 5.11 Å². The van der Waals surface area contributed by atoms with Crippen molar-refractivity contribution in [2.45, 2.75) is 64.7 Å². The van der Waals surface area contributed by atoms with Gasteiger partial charge in [-0.1, -0.05) is 26.3 Å². The summed E-state index contributed by atoms with van der Waals surface area (Å²) < 4.78 is 0. The van der Waals surface area contributed by atoms with Crippen LogP contribution in [-0.2, 0) is 22.4 Å². The van der Waals surface area contributed by atoms with Gasteiger partial charge in [-0.3, -0.25) is 9.59 Å². The van der Waals surface area contributed by atoms with Crippen molar-refractivity contribution in [2.24, 2.45) is 17.3 Å². The molecule has 3 aliphatic rings. The van der Waals surface area contributed by atoms with Crippen LogP contribution in [0.4, 0.5) is 0 Å². The number of fused-ring (bicyclic) bond motifs is 5. The maximum Gasteiger partial charge on any atom is 0.141 e. The van der Waals surface area contributed by atoms with E-state index >= 15 is 0 Å². The summed E-state index contributed by atoms with van der Waals surface area (Å²) in [5.74, 6) is 1.43. The lowest BCUT2D eigenvalue weighted by atomic mass is 9.55. The van der Waals surface area contributed by atoms with E-state index in [9.17, 15) is 14.7 Å². The first kappa shape index (κ1) is 15.9. The minimum Gasteiger partial charge on any atom is -0.508 e. The Morgan fingerprint density at radius 1 is 1.25 bits per heavy atom. The van der Waals surface area contributed by atoms with Crippen LogP contribution in [0, 0.1) is 17.3 Å². The van der Waals surface area contributed by atoms with Crippen LogP contribution >= 0.6 is 0 Å². The summed E-state index contributed by atoms with van der Waals surface area (Å²) in [6.45, 7) is 4.20. The zero-order valence-corrected chi connectivity index (χ0v) is 14.6. The zero-order chi connectivity index (χ0) is 17.1. The molecule has 24 heavy (non-hydrogen) atoms. The number of phenolic OH excluding ortho intramolecular Hbond substituents is 1. The molecule has 1 aromatic rings. The van der Waals surface area contributed by atoms with Crippen molar-refractivity contribution in [2.75, 3.05) is 0 Å². The summed E-state index contributed by atoms with van der Waals surface area (Å²) in [6, 6.07) is 3.97. The Hall–Kier alpha value is -1.64. The quantitative estimate of drug-likeness (QED) is 0.895. The highest BCUT2D eigenvalue weighted by molar-refractivity contribution is 5.92. The van der Waals surface area contributed by atoms with Crippen molar-refractivity contribution in [3.63, 3.8) is 0 Å². The average molecular weight is 326 g/mol. The van der Waals surface area contributed by atoms with E-state index in [-0.39, 0.29) is 29.0 Å². The Balaban J connectivity index is 1.77. The molecule has 4 rings (SSSR count). The summed E-state index contributed by atoms with van der Waals surface area (Å²) in [7, 11) is 0. The van der Waals surface area contributed by atoms with Crippen molar-refractivity contribution in [3.05, 3.63) is 28.8 Å². The Labute approximate surface area is 143 Å². The molecule has 3 heteroatoms. The highest BCUT2D eigenvalue weighted by Crippen LogP contribution is 2.58. The fraction of sp³-hybridized carbons (Fsp3) is 0.619. The highest BCUT2D eigenvalue weighted by atomic mass is 16.3. The van der Waals surface area contributed by atoms with Gasteiger partial charge in [0.25, 0.3) is 0 Å². The number of ketones is 2. The van der Waals surface area contributed by atoms with Crippen LogP contribution in [-0.4, -0.2) is 16.7 Å². The fourth-order valence-corrected chi connectivity index (χ4v) is 5.68. The molecule has 0 saturated heterocycles. The fourth-order valence-electron chi connectivity index (χ4n) is 5.68. The molecular weight excluding hydrogens is 300 g/mol. The second-order valence-electron chi connectivity index (χ2n) is 8.23. The minimum absolute atomic E-state index is 0.00159. The Bertz CT molecular complexity index is 720. The standard InChI is InChI=1S/C21H26O3/c1-3-4-12-9-15-13(10-17(12)22)11-18(23)20-14(15)7-8-21(2)16(20)5-6-19(21)24/h9-10,14,16,20,22H,3-8,11H2,1-2H3/t14-,16+,20-,21+/m1/s1. The van der Waals surface area contributed by atoms with Crippen molar-refractivity contribution in [3.8, 4) is 5.75 Å². The highest BCUT2D eigenvalue weighted by Gasteiger charge is 2.56. The van der Waals surface area contributed by atoms with E-state index in [0.717, 1.165) is 43.2 Å². The molecule has 0 heterocycles. The van der Waals surface area contributed by atoms with Crippen molar-refractivity contribution >= 4 is 11.6 Å². The molecule has 0 spiro atoms. The molecular formula is C21H26O3. The smallest absolute Gasteiger partial charge is 0.141 e. The largest absolute Gasteiger partial charge is 0.508 e. The molecule has 1 N–H and O–H groups in total. The van der Waals surface area contributed by atoms with E-state index in [1.54, 1.807) is 0 Å². The third-order valence-corrected chi connectivity index (χ3v) is 6.98. The lowest BCUT2D eigenvalue weighted by Gasteiger charge is -2.47. The second-order valence-corrected chi connectivity index (χ2v) is 8.23. The van der Waals surface area contributed by atoms with Gasteiger partial charge in [0.15, 0.2) is 0 Å². The molecule has 2 fully saturated rings. The van der Waals surface area contributed by atoms with E-state index in [4.69, 9.17) is 0 Å². The number of aromatic hydroxyl groups is 1. The van der Waals surface area contributed by atoms with Gasteiger partial charge in [0, 0.05) is 24.2 Å². The number of hydrogen-bond acceptors (Lipinski definition) is 3. The van der Waals surface area contributed by atoms with Crippen LogP contribution in [0.1, 0.15) is 68.6 Å². The molecule has 0 aliphatic heterocycles. The maximum atomic E-state index is 12.9. The predicted molar refractivity (Wildman–Crippen MR) is 92.1 cm³/mol. The number of aryl methyl sites for hydroxylation is 1.